The number of methoxy groups -OCH3 is 1. The first-order valence-corrected chi connectivity index (χ1v) is 9.43. The molecule has 3 rings (SSSR count). The van der Waals surface area contributed by atoms with Gasteiger partial charge in [-0.2, -0.15) is 0 Å². The van der Waals surface area contributed by atoms with Gasteiger partial charge in [0.2, 0.25) is 0 Å². The molecule has 0 fully saturated rings. The Morgan fingerprint density at radius 3 is 2.69 bits per heavy atom. The van der Waals surface area contributed by atoms with E-state index in [0.29, 0.717) is 32.2 Å². The van der Waals surface area contributed by atoms with Crippen LogP contribution in [-0.4, -0.2) is 23.2 Å². The zero-order chi connectivity index (χ0) is 18.8. The number of ether oxygens (including phenoxy) is 1. The summed E-state index contributed by atoms with van der Waals surface area (Å²) >= 11 is 19.0. The monoisotopic (exact) mass is 425 g/mol. The van der Waals surface area contributed by atoms with Gasteiger partial charge >= 0.3 is 5.97 Å². The minimum absolute atomic E-state index is 0.437. The van der Waals surface area contributed by atoms with Gasteiger partial charge < -0.3 is 14.7 Å². The molecule has 4 nitrogen and oxygen atoms in total. The van der Waals surface area contributed by atoms with Crippen LogP contribution in [0.25, 0.3) is 0 Å². The second-order valence-electron chi connectivity index (χ2n) is 5.42. The van der Waals surface area contributed by atoms with Crippen LogP contribution in [0.3, 0.4) is 0 Å². The Bertz CT molecular complexity index is 931. The number of anilines is 1. The molecular weight excluding hydrogens is 413 g/mol. The van der Waals surface area contributed by atoms with Crippen molar-refractivity contribution in [3.05, 3.63) is 63.0 Å². The highest BCUT2D eigenvalue weighted by Crippen LogP contribution is 2.44. The summed E-state index contributed by atoms with van der Waals surface area (Å²) < 4.78 is 5.27. The molecule has 0 aliphatic carbocycles. The van der Waals surface area contributed by atoms with Gasteiger partial charge in [0, 0.05) is 17.5 Å². The number of carboxylic acid groups (broad SMARTS) is 1. The van der Waals surface area contributed by atoms with E-state index in [9.17, 15) is 4.79 Å². The van der Waals surface area contributed by atoms with Gasteiger partial charge in [-0.25, -0.2) is 4.79 Å². The lowest BCUT2D eigenvalue weighted by atomic mass is 10.2. The van der Waals surface area contributed by atoms with Gasteiger partial charge in [-0.1, -0.05) is 53.2 Å². The molecule has 0 bridgehead atoms. The summed E-state index contributed by atoms with van der Waals surface area (Å²) in [6.45, 7) is 0.437. The Morgan fingerprint density at radius 2 is 2.04 bits per heavy atom. The lowest BCUT2D eigenvalue weighted by Crippen LogP contribution is -2.32. The summed E-state index contributed by atoms with van der Waals surface area (Å²) in [4.78, 5) is 14.9. The van der Waals surface area contributed by atoms with E-state index in [1.54, 1.807) is 19.2 Å². The maximum absolute atomic E-state index is 11.2. The number of carbonyl (C=O) groups is 1. The van der Waals surface area contributed by atoms with Gasteiger partial charge in [0.15, 0.2) is 0 Å². The van der Waals surface area contributed by atoms with Crippen LogP contribution in [0.5, 0.6) is 5.75 Å². The third-order valence-corrected chi connectivity index (χ3v) is 6.10. The lowest BCUT2D eigenvalue weighted by molar-refractivity contribution is -0.131. The van der Waals surface area contributed by atoms with E-state index < -0.39 is 5.97 Å². The molecule has 0 aromatic heterocycles. The molecule has 0 saturated heterocycles. The van der Waals surface area contributed by atoms with Crippen LogP contribution < -0.4 is 9.64 Å². The van der Waals surface area contributed by atoms with Crippen molar-refractivity contribution in [1.29, 1.82) is 0 Å². The van der Waals surface area contributed by atoms with Crippen molar-refractivity contribution in [1.82, 2.24) is 0 Å². The van der Waals surface area contributed by atoms with Crippen LogP contribution in [-0.2, 0) is 11.3 Å². The molecule has 0 atom stereocenters. The van der Waals surface area contributed by atoms with E-state index in [4.69, 9.17) is 45.3 Å². The number of fused-ring (bicyclic) bond motifs is 1. The molecule has 0 spiro atoms. The molecule has 1 aliphatic rings. The summed E-state index contributed by atoms with van der Waals surface area (Å²) in [7, 11) is 1.58. The molecule has 0 saturated carbocycles. The van der Waals surface area contributed by atoms with Crippen molar-refractivity contribution in [3.63, 3.8) is 0 Å². The second kappa shape index (κ2) is 7.88. The van der Waals surface area contributed by atoms with Crippen LogP contribution in [0.1, 0.15) is 5.56 Å². The third kappa shape index (κ3) is 3.99. The fourth-order valence-corrected chi connectivity index (χ4v) is 4.23. The van der Waals surface area contributed by atoms with Gasteiger partial charge in [-0.3, -0.25) is 0 Å². The Kier molecular flexibility index (Phi) is 5.77. The molecule has 2 aromatic carbocycles. The van der Waals surface area contributed by atoms with E-state index in [1.165, 1.54) is 11.8 Å². The zero-order valence-electron chi connectivity index (χ0n) is 13.5. The number of benzene rings is 2. The van der Waals surface area contributed by atoms with Crippen molar-refractivity contribution >= 4 is 63.8 Å². The number of carboxylic acids is 1. The molecule has 1 heterocycles. The standard InChI is InChI=1S/C18H13Cl2NO3S2/c1-24-11-3-5-14-15(7-11)26-16(8-17(22)23)18(25)21(14)9-10-2-4-12(19)13(20)6-10/h2-8H,9H2,1H3,(H,22,23). The fraction of sp³-hybridized carbons (Fsp3) is 0.111. The summed E-state index contributed by atoms with van der Waals surface area (Å²) in [5.41, 5.74) is 1.79. The molecule has 0 amide bonds. The average Bonchev–Trinajstić information content (AvgIpc) is 2.60. The lowest BCUT2D eigenvalue weighted by Gasteiger charge is -2.33. The predicted molar refractivity (Wildman–Crippen MR) is 110 cm³/mol. The Hall–Kier alpha value is -1.73. The normalized spacial score (nSPS) is 15.1. The summed E-state index contributed by atoms with van der Waals surface area (Å²) in [6.07, 6.45) is 1.12. The quantitative estimate of drug-likeness (QED) is 0.521. The maximum Gasteiger partial charge on any atom is 0.329 e. The Labute approximate surface area is 170 Å². The molecule has 8 heteroatoms. The van der Waals surface area contributed by atoms with Crippen LogP contribution in [0, 0.1) is 0 Å². The van der Waals surface area contributed by atoms with Crippen LogP contribution >= 0.6 is 47.2 Å². The number of halogens is 2. The number of rotatable bonds is 4. The summed E-state index contributed by atoms with van der Waals surface area (Å²) in [6, 6.07) is 11.0. The van der Waals surface area contributed by atoms with Gasteiger partial charge in [0.25, 0.3) is 0 Å². The number of aliphatic carboxylic acids is 1. The van der Waals surface area contributed by atoms with Gasteiger partial charge in [-0.05, 0) is 35.9 Å². The highest BCUT2D eigenvalue weighted by molar-refractivity contribution is 8.05. The number of thioether (sulfide) groups is 1. The van der Waals surface area contributed by atoms with Crippen molar-refractivity contribution in [2.24, 2.45) is 0 Å². The van der Waals surface area contributed by atoms with E-state index in [2.05, 4.69) is 0 Å². The van der Waals surface area contributed by atoms with E-state index in [-0.39, 0.29) is 0 Å². The van der Waals surface area contributed by atoms with Crippen LogP contribution in [0.4, 0.5) is 5.69 Å². The molecule has 1 aliphatic heterocycles. The van der Waals surface area contributed by atoms with Gasteiger partial charge in [-0.15, -0.1) is 0 Å². The van der Waals surface area contributed by atoms with E-state index in [1.807, 2.05) is 29.2 Å². The topological polar surface area (TPSA) is 49.8 Å². The van der Waals surface area contributed by atoms with Crippen molar-refractivity contribution in [2.45, 2.75) is 11.4 Å². The average molecular weight is 426 g/mol. The highest BCUT2D eigenvalue weighted by atomic mass is 35.5. The molecule has 134 valence electrons. The SMILES string of the molecule is COc1ccc2c(c1)SC(=CC(=O)O)C(=S)N2Cc1ccc(Cl)c(Cl)c1. The maximum atomic E-state index is 11.2. The molecular formula is C18H13Cl2NO3S2. The molecule has 2 aromatic rings. The van der Waals surface area contributed by atoms with Crippen molar-refractivity contribution < 1.29 is 14.6 Å². The molecule has 1 N–H and O–H groups in total. The number of hydrogen-bond donors (Lipinski definition) is 1. The Balaban J connectivity index is 2.05. The van der Waals surface area contributed by atoms with Crippen LogP contribution in [0.15, 0.2) is 52.3 Å². The number of thiocarbonyl (C=S) groups is 1. The third-order valence-electron chi connectivity index (χ3n) is 3.71. The molecule has 0 radical (unpaired) electrons. The number of hydrogen-bond acceptors (Lipinski definition) is 4. The first-order chi connectivity index (χ1) is 12.4. The second-order valence-corrected chi connectivity index (χ2v) is 7.71. The van der Waals surface area contributed by atoms with Gasteiger partial charge in [0.05, 0.1) is 27.7 Å². The van der Waals surface area contributed by atoms with E-state index in [0.717, 1.165) is 22.2 Å². The number of nitrogens with zero attached hydrogens (tertiary/aromatic N) is 1. The predicted octanol–water partition coefficient (Wildman–Crippen LogP) is 5.41. The first-order valence-electron chi connectivity index (χ1n) is 7.45. The Morgan fingerprint density at radius 1 is 1.27 bits per heavy atom. The molecule has 26 heavy (non-hydrogen) atoms. The summed E-state index contributed by atoms with van der Waals surface area (Å²) in [5, 5.41) is 10.1. The molecule has 0 unspecified atom stereocenters. The van der Waals surface area contributed by atoms with E-state index >= 15 is 0 Å². The smallest absolute Gasteiger partial charge is 0.329 e. The largest absolute Gasteiger partial charge is 0.497 e. The van der Waals surface area contributed by atoms with Crippen molar-refractivity contribution in [2.75, 3.05) is 12.0 Å². The fourth-order valence-electron chi connectivity index (χ4n) is 2.51. The van der Waals surface area contributed by atoms with Crippen molar-refractivity contribution in [3.8, 4) is 5.75 Å². The zero-order valence-corrected chi connectivity index (χ0v) is 16.7. The minimum atomic E-state index is -1.05. The highest BCUT2D eigenvalue weighted by Gasteiger charge is 2.27. The first kappa shape index (κ1) is 19.0. The van der Waals surface area contributed by atoms with Gasteiger partial charge in [0.1, 0.15) is 10.7 Å². The minimum Gasteiger partial charge on any atom is -0.497 e. The summed E-state index contributed by atoms with van der Waals surface area (Å²) in [5.74, 6) is -0.357. The van der Waals surface area contributed by atoms with Crippen LogP contribution in [0.2, 0.25) is 10.0 Å².